The summed E-state index contributed by atoms with van der Waals surface area (Å²) in [6, 6.07) is 5.56. The normalized spacial score (nSPS) is 12.3. The highest BCUT2D eigenvalue weighted by atomic mass is 35.5. The van der Waals surface area contributed by atoms with E-state index in [0.717, 1.165) is 21.9 Å². The van der Waals surface area contributed by atoms with E-state index < -0.39 is 0 Å². The van der Waals surface area contributed by atoms with E-state index in [2.05, 4.69) is 30.6 Å². The number of thiazole rings is 1. The average Bonchev–Trinajstić information content (AvgIpc) is 2.99. The van der Waals surface area contributed by atoms with Crippen molar-refractivity contribution in [1.29, 1.82) is 0 Å². The van der Waals surface area contributed by atoms with Gasteiger partial charge in [-0.25, -0.2) is 4.98 Å². The lowest BCUT2D eigenvalue weighted by molar-refractivity contribution is 0.561. The van der Waals surface area contributed by atoms with Crippen LogP contribution in [0.3, 0.4) is 0 Å². The third-order valence-electron chi connectivity index (χ3n) is 3.61. The second-order valence-electron chi connectivity index (χ2n) is 6.23. The van der Waals surface area contributed by atoms with Gasteiger partial charge in [0, 0.05) is 28.6 Å². The highest BCUT2D eigenvalue weighted by Gasteiger charge is 2.23. The SMILES string of the molecule is CC(C)(C)c1csc2nc(-c3ccc(Cl)c(Cl)c3)c(CN)n12. The second kappa shape index (κ2) is 5.53. The van der Waals surface area contributed by atoms with Gasteiger partial charge in [-0.1, -0.05) is 50.0 Å². The van der Waals surface area contributed by atoms with Gasteiger partial charge < -0.3 is 5.73 Å². The van der Waals surface area contributed by atoms with E-state index in [0.29, 0.717) is 16.6 Å². The molecule has 0 saturated heterocycles. The molecule has 3 rings (SSSR count). The smallest absolute Gasteiger partial charge is 0.194 e. The van der Waals surface area contributed by atoms with Gasteiger partial charge in [0.05, 0.1) is 21.4 Å². The quantitative estimate of drug-likeness (QED) is 0.694. The average molecular weight is 354 g/mol. The van der Waals surface area contributed by atoms with Crippen molar-refractivity contribution < 1.29 is 0 Å². The molecule has 0 radical (unpaired) electrons. The monoisotopic (exact) mass is 353 g/mol. The third-order valence-corrected chi connectivity index (χ3v) is 5.18. The zero-order chi connectivity index (χ0) is 16.1. The molecule has 116 valence electrons. The summed E-state index contributed by atoms with van der Waals surface area (Å²) in [7, 11) is 0. The molecule has 0 bridgehead atoms. The number of fused-ring (bicyclic) bond motifs is 1. The largest absolute Gasteiger partial charge is 0.325 e. The Kier molecular flexibility index (Phi) is 3.98. The predicted molar refractivity (Wildman–Crippen MR) is 95.1 cm³/mol. The topological polar surface area (TPSA) is 43.3 Å². The first-order valence-electron chi connectivity index (χ1n) is 6.97. The van der Waals surface area contributed by atoms with E-state index in [9.17, 15) is 0 Å². The highest BCUT2D eigenvalue weighted by Crippen LogP contribution is 2.35. The van der Waals surface area contributed by atoms with E-state index in [-0.39, 0.29) is 5.41 Å². The zero-order valence-corrected chi connectivity index (χ0v) is 15.0. The van der Waals surface area contributed by atoms with E-state index in [4.69, 9.17) is 33.9 Å². The fourth-order valence-corrected chi connectivity index (χ4v) is 3.93. The number of benzene rings is 1. The number of hydrogen-bond acceptors (Lipinski definition) is 3. The Hall–Kier alpha value is -1.07. The van der Waals surface area contributed by atoms with Crippen LogP contribution in [-0.2, 0) is 12.0 Å². The standard InChI is InChI=1S/C16H17Cl2N3S/c1-16(2,3)13-8-22-15-20-14(12(7-19)21(13)15)9-4-5-10(17)11(18)6-9/h4-6,8H,7,19H2,1-3H3. The van der Waals surface area contributed by atoms with Crippen LogP contribution < -0.4 is 5.73 Å². The lowest BCUT2D eigenvalue weighted by Gasteiger charge is -2.18. The Morgan fingerprint density at radius 1 is 1.23 bits per heavy atom. The minimum atomic E-state index is 0.0256. The Balaban J connectivity index is 2.27. The van der Waals surface area contributed by atoms with Gasteiger partial charge in [0.2, 0.25) is 0 Å². The van der Waals surface area contributed by atoms with E-state index in [1.54, 1.807) is 17.4 Å². The van der Waals surface area contributed by atoms with Crippen molar-refractivity contribution in [2.24, 2.45) is 5.73 Å². The molecule has 0 atom stereocenters. The van der Waals surface area contributed by atoms with Gasteiger partial charge in [-0.3, -0.25) is 4.40 Å². The number of imidazole rings is 1. The van der Waals surface area contributed by atoms with Crippen LogP contribution in [0.1, 0.15) is 32.2 Å². The van der Waals surface area contributed by atoms with Gasteiger partial charge in [-0.05, 0) is 12.1 Å². The lowest BCUT2D eigenvalue weighted by atomic mass is 9.93. The van der Waals surface area contributed by atoms with Crippen LogP contribution >= 0.6 is 34.5 Å². The van der Waals surface area contributed by atoms with Crippen LogP contribution in [0.2, 0.25) is 10.0 Å². The first-order valence-corrected chi connectivity index (χ1v) is 8.61. The molecule has 1 aromatic carbocycles. The van der Waals surface area contributed by atoms with Crippen molar-refractivity contribution in [3.05, 3.63) is 45.0 Å². The molecular weight excluding hydrogens is 337 g/mol. The van der Waals surface area contributed by atoms with E-state index in [1.807, 2.05) is 12.1 Å². The van der Waals surface area contributed by atoms with Crippen LogP contribution in [0, 0.1) is 0 Å². The van der Waals surface area contributed by atoms with Gasteiger partial charge in [0.1, 0.15) is 0 Å². The van der Waals surface area contributed by atoms with Crippen LogP contribution in [0.25, 0.3) is 16.2 Å². The number of aromatic nitrogens is 2. The third kappa shape index (κ3) is 2.54. The Labute approximate surface area is 143 Å². The number of rotatable bonds is 2. The van der Waals surface area contributed by atoms with Crippen molar-refractivity contribution in [1.82, 2.24) is 9.38 Å². The summed E-state index contributed by atoms with van der Waals surface area (Å²) in [5, 5.41) is 3.21. The summed E-state index contributed by atoms with van der Waals surface area (Å²) in [6.45, 7) is 6.98. The molecule has 0 spiro atoms. The first-order chi connectivity index (χ1) is 10.3. The molecule has 3 nitrogen and oxygen atoms in total. The highest BCUT2D eigenvalue weighted by molar-refractivity contribution is 7.15. The minimum Gasteiger partial charge on any atom is -0.325 e. The van der Waals surface area contributed by atoms with Crippen molar-refractivity contribution in [2.75, 3.05) is 0 Å². The zero-order valence-electron chi connectivity index (χ0n) is 12.7. The molecule has 0 fully saturated rings. The van der Waals surface area contributed by atoms with Crippen molar-refractivity contribution >= 4 is 39.5 Å². The van der Waals surface area contributed by atoms with Crippen LogP contribution in [0.15, 0.2) is 23.6 Å². The predicted octanol–water partition coefficient (Wildman–Crippen LogP) is 5.13. The summed E-state index contributed by atoms with van der Waals surface area (Å²) in [5.41, 5.74) is 10.1. The molecule has 2 aromatic heterocycles. The summed E-state index contributed by atoms with van der Waals surface area (Å²) in [4.78, 5) is 5.71. The maximum atomic E-state index is 6.14. The molecule has 0 aliphatic rings. The number of hydrogen-bond donors (Lipinski definition) is 1. The maximum absolute atomic E-state index is 6.14. The molecule has 0 aliphatic carbocycles. The molecule has 0 unspecified atom stereocenters. The Morgan fingerprint density at radius 2 is 1.95 bits per heavy atom. The van der Waals surface area contributed by atoms with Crippen LogP contribution in [0.5, 0.6) is 0 Å². The molecule has 2 N–H and O–H groups in total. The van der Waals surface area contributed by atoms with Gasteiger partial charge >= 0.3 is 0 Å². The van der Waals surface area contributed by atoms with Gasteiger partial charge in [-0.2, -0.15) is 0 Å². The number of nitrogens with two attached hydrogens (primary N) is 1. The fourth-order valence-electron chi connectivity index (χ4n) is 2.49. The fraction of sp³-hybridized carbons (Fsp3) is 0.312. The number of halogens is 2. The summed E-state index contributed by atoms with van der Waals surface area (Å²) < 4.78 is 2.17. The maximum Gasteiger partial charge on any atom is 0.194 e. The van der Waals surface area contributed by atoms with Crippen molar-refractivity contribution in [3.63, 3.8) is 0 Å². The van der Waals surface area contributed by atoms with E-state index in [1.165, 1.54) is 5.69 Å². The Morgan fingerprint density at radius 3 is 2.55 bits per heavy atom. The molecule has 0 saturated carbocycles. The summed E-state index contributed by atoms with van der Waals surface area (Å²) in [6.07, 6.45) is 0. The summed E-state index contributed by atoms with van der Waals surface area (Å²) >= 11 is 13.8. The second-order valence-corrected chi connectivity index (χ2v) is 7.88. The molecule has 0 aliphatic heterocycles. The Bertz CT molecular complexity index is 843. The first kappa shape index (κ1) is 15.8. The van der Waals surface area contributed by atoms with Crippen molar-refractivity contribution in [2.45, 2.75) is 32.7 Å². The molecule has 22 heavy (non-hydrogen) atoms. The van der Waals surface area contributed by atoms with Gasteiger partial charge in [-0.15, -0.1) is 11.3 Å². The summed E-state index contributed by atoms with van der Waals surface area (Å²) in [5.74, 6) is 0. The van der Waals surface area contributed by atoms with Crippen LogP contribution in [0.4, 0.5) is 0 Å². The van der Waals surface area contributed by atoms with Gasteiger partial charge in [0.25, 0.3) is 0 Å². The number of nitrogens with zero attached hydrogens (tertiary/aromatic N) is 2. The molecule has 0 amide bonds. The van der Waals surface area contributed by atoms with E-state index >= 15 is 0 Å². The molecular formula is C16H17Cl2N3S. The molecule has 3 aromatic rings. The molecule has 6 heteroatoms. The molecule has 2 heterocycles. The lowest BCUT2D eigenvalue weighted by Crippen LogP contribution is -2.16. The van der Waals surface area contributed by atoms with Crippen LogP contribution in [-0.4, -0.2) is 9.38 Å². The minimum absolute atomic E-state index is 0.0256. The van der Waals surface area contributed by atoms with Gasteiger partial charge in [0.15, 0.2) is 4.96 Å². The van der Waals surface area contributed by atoms with Crippen molar-refractivity contribution in [3.8, 4) is 11.3 Å².